The molecular weight excluding hydrogens is 394 g/mol. The van der Waals surface area contributed by atoms with Gasteiger partial charge in [0, 0.05) is 10.0 Å². The third-order valence-electron chi connectivity index (χ3n) is 3.75. The highest BCUT2D eigenvalue weighted by atomic mass is 79.9. The lowest BCUT2D eigenvalue weighted by molar-refractivity contribution is -0.146. The Bertz CT molecular complexity index is 634. The van der Waals surface area contributed by atoms with Gasteiger partial charge < -0.3 is 19.5 Å². The number of rotatable bonds is 9. The van der Waals surface area contributed by atoms with Gasteiger partial charge in [-0.1, -0.05) is 20.3 Å². The van der Waals surface area contributed by atoms with Gasteiger partial charge in [0.05, 0.1) is 14.2 Å². The molecule has 0 unspecified atom stereocenters. The van der Waals surface area contributed by atoms with Crippen molar-refractivity contribution in [2.75, 3.05) is 20.8 Å². The second-order valence-corrected chi connectivity index (χ2v) is 6.24. The summed E-state index contributed by atoms with van der Waals surface area (Å²) in [6.45, 7) is 3.42. The van der Waals surface area contributed by atoms with Gasteiger partial charge in [-0.2, -0.15) is 0 Å². The van der Waals surface area contributed by atoms with E-state index in [4.69, 9.17) is 14.2 Å². The lowest BCUT2D eigenvalue weighted by Gasteiger charge is -2.22. The molecule has 0 heterocycles. The molecule has 0 aliphatic heterocycles. The average molecular weight is 416 g/mol. The van der Waals surface area contributed by atoms with Crippen molar-refractivity contribution in [3.63, 3.8) is 0 Å². The van der Waals surface area contributed by atoms with E-state index in [0.717, 1.165) is 0 Å². The van der Waals surface area contributed by atoms with Gasteiger partial charge in [0.25, 0.3) is 5.91 Å². The predicted octanol–water partition coefficient (Wildman–Crippen LogP) is 2.35. The SMILES string of the molecule is CC[C@H](C)[C@H](NC(=O)COc1cc(C=O)c(Br)cc1OC)C(=O)OC. The number of hydrogen-bond donors (Lipinski definition) is 1. The minimum Gasteiger partial charge on any atom is -0.493 e. The van der Waals surface area contributed by atoms with Crippen molar-refractivity contribution >= 4 is 34.1 Å². The quantitative estimate of drug-likeness (QED) is 0.491. The molecule has 138 valence electrons. The summed E-state index contributed by atoms with van der Waals surface area (Å²) in [6.07, 6.45) is 1.36. The van der Waals surface area contributed by atoms with Crippen LogP contribution in [-0.2, 0) is 14.3 Å². The molecule has 7 nitrogen and oxygen atoms in total. The van der Waals surface area contributed by atoms with E-state index in [0.29, 0.717) is 28.5 Å². The number of halogens is 1. The summed E-state index contributed by atoms with van der Waals surface area (Å²) >= 11 is 3.25. The number of aldehydes is 1. The van der Waals surface area contributed by atoms with Crippen LogP contribution < -0.4 is 14.8 Å². The fourth-order valence-electron chi connectivity index (χ4n) is 2.07. The van der Waals surface area contributed by atoms with Crippen LogP contribution in [0, 0.1) is 5.92 Å². The molecule has 8 heteroatoms. The second-order valence-electron chi connectivity index (χ2n) is 5.38. The van der Waals surface area contributed by atoms with E-state index >= 15 is 0 Å². The average Bonchev–Trinajstić information content (AvgIpc) is 2.63. The van der Waals surface area contributed by atoms with Crippen LogP contribution in [0.1, 0.15) is 30.6 Å². The first-order valence-corrected chi connectivity index (χ1v) is 8.49. The van der Waals surface area contributed by atoms with E-state index in [1.165, 1.54) is 20.3 Å². The molecule has 1 rings (SSSR count). The molecule has 0 spiro atoms. The largest absolute Gasteiger partial charge is 0.493 e. The molecule has 1 N–H and O–H groups in total. The van der Waals surface area contributed by atoms with E-state index in [1.807, 2.05) is 13.8 Å². The summed E-state index contributed by atoms with van der Waals surface area (Å²) in [5.41, 5.74) is 0.364. The summed E-state index contributed by atoms with van der Waals surface area (Å²) < 4.78 is 15.9. The molecule has 0 aromatic heterocycles. The standard InChI is InChI=1S/C17H22BrNO6/c1-5-10(2)16(17(22)24-4)19-15(21)9-25-14-6-11(8-20)12(18)7-13(14)23-3/h6-8,10,16H,5,9H2,1-4H3,(H,19,21)/t10-,16-/m0/s1. The Morgan fingerprint density at radius 3 is 2.48 bits per heavy atom. The molecule has 0 saturated carbocycles. The first kappa shape index (κ1) is 21.0. The number of benzene rings is 1. The molecule has 0 bridgehead atoms. The van der Waals surface area contributed by atoms with Gasteiger partial charge in [0.15, 0.2) is 24.4 Å². The zero-order valence-corrected chi connectivity index (χ0v) is 16.2. The first-order chi connectivity index (χ1) is 11.9. The smallest absolute Gasteiger partial charge is 0.328 e. The van der Waals surface area contributed by atoms with Crippen molar-refractivity contribution < 1.29 is 28.6 Å². The highest BCUT2D eigenvalue weighted by molar-refractivity contribution is 9.10. The van der Waals surface area contributed by atoms with Crippen LogP contribution >= 0.6 is 15.9 Å². The van der Waals surface area contributed by atoms with Gasteiger partial charge in [-0.3, -0.25) is 9.59 Å². The van der Waals surface area contributed by atoms with Gasteiger partial charge >= 0.3 is 5.97 Å². The Hall–Kier alpha value is -2.09. The molecule has 0 radical (unpaired) electrons. The number of nitrogens with one attached hydrogen (secondary N) is 1. The van der Waals surface area contributed by atoms with Crippen molar-refractivity contribution in [3.8, 4) is 11.5 Å². The Labute approximate surface area is 155 Å². The lowest BCUT2D eigenvalue weighted by Crippen LogP contribution is -2.47. The number of carbonyl (C=O) groups excluding carboxylic acids is 3. The van der Waals surface area contributed by atoms with E-state index in [9.17, 15) is 14.4 Å². The van der Waals surface area contributed by atoms with Crippen molar-refractivity contribution in [2.45, 2.75) is 26.3 Å². The first-order valence-electron chi connectivity index (χ1n) is 7.70. The van der Waals surface area contributed by atoms with E-state index in [2.05, 4.69) is 21.2 Å². The van der Waals surface area contributed by atoms with Crippen molar-refractivity contribution in [1.29, 1.82) is 0 Å². The van der Waals surface area contributed by atoms with Crippen molar-refractivity contribution in [3.05, 3.63) is 22.2 Å². The van der Waals surface area contributed by atoms with Crippen molar-refractivity contribution in [2.24, 2.45) is 5.92 Å². The second kappa shape index (κ2) is 10.0. The summed E-state index contributed by atoms with van der Waals surface area (Å²) in [4.78, 5) is 34.9. The maximum atomic E-state index is 12.1. The van der Waals surface area contributed by atoms with Crippen LogP contribution in [-0.4, -0.2) is 45.0 Å². The summed E-state index contributed by atoms with van der Waals surface area (Å²) in [5, 5.41) is 2.61. The third kappa shape index (κ3) is 5.74. The third-order valence-corrected chi connectivity index (χ3v) is 4.44. The topological polar surface area (TPSA) is 90.9 Å². The van der Waals surface area contributed by atoms with Crippen LogP contribution in [0.4, 0.5) is 0 Å². The molecular formula is C17H22BrNO6. The Balaban J connectivity index is 2.81. The zero-order valence-electron chi connectivity index (χ0n) is 14.6. The Kier molecular flexibility index (Phi) is 8.40. The minimum atomic E-state index is -0.747. The van der Waals surface area contributed by atoms with Gasteiger partial charge in [-0.25, -0.2) is 4.79 Å². The highest BCUT2D eigenvalue weighted by Gasteiger charge is 2.26. The summed E-state index contributed by atoms with van der Waals surface area (Å²) in [6, 6.07) is 2.30. The molecule has 1 aromatic rings. The lowest BCUT2D eigenvalue weighted by atomic mass is 9.99. The summed E-state index contributed by atoms with van der Waals surface area (Å²) in [7, 11) is 2.72. The van der Waals surface area contributed by atoms with E-state index < -0.39 is 17.9 Å². The van der Waals surface area contributed by atoms with E-state index in [-0.39, 0.29) is 18.3 Å². The maximum absolute atomic E-state index is 12.1. The van der Waals surface area contributed by atoms with Crippen LogP contribution in [0.3, 0.4) is 0 Å². The fourth-order valence-corrected chi connectivity index (χ4v) is 2.48. The molecule has 0 aliphatic rings. The maximum Gasteiger partial charge on any atom is 0.328 e. The molecule has 25 heavy (non-hydrogen) atoms. The molecule has 1 aromatic carbocycles. The Morgan fingerprint density at radius 2 is 1.96 bits per heavy atom. The van der Waals surface area contributed by atoms with E-state index in [1.54, 1.807) is 6.07 Å². The zero-order chi connectivity index (χ0) is 19.0. The number of methoxy groups -OCH3 is 2. The van der Waals surface area contributed by atoms with Crippen LogP contribution in [0.15, 0.2) is 16.6 Å². The number of ether oxygens (including phenoxy) is 3. The molecule has 0 aliphatic carbocycles. The normalized spacial score (nSPS) is 12.7. The molecule has 0 fully saturated rings. The van der Waals surface area contributed by atoms with Crippen LogP contribution in [0.25, 0.3) is 0 Å². The molecule has 0 saturated heterocycles. The summed E-state index contributed by atoms with van der Waals surface area (Å²) in [5.74, 6) is -0.446. The van der Waals surface area contributed by atoms with Crippen molar-refractivity contribution in [1.82, 2.24) is 5.32 Å². The van der Waals surface area contributed by atoms with Gasteiger partial charge in [0.2, 0.25) is 0 Å². The van der Waals surface area contributed by atoms with Gasteiger partial charge in [-0.15, -0.1) is 0 Å². The van der Waals surface area contributed by atoms with Crippen LogP contribution in [0.2, 0.25) is 0 Å². The van der Waals surface area contributed by atoms with Crippen LogP contribution in [0.5, 0.6) is 11.5 Å². The number of carbonyl (C=O) groups is 3. The monoisotopic (exact) mass is 415 g/mol. The number of amides is 1. The predicted molar refractivity (Wildman–Crippen MR) is 95.0 cm³/mol. The number of esters is 1. The molecule has 2 atom stereocenters. The highest BCUT2D eigenvalue weighted by Crippen LogP contribution is 2.32. The Morgan fingerprint density at radius 1 is 1.28 bits per heavy atom. The number of hydrogen-bond acceptors (Lipinski definition) is 6. The fraction of sp³-hybridized carbons (Fsp3) is 0.471. The molecule has 1 amide bonds. The van der Waals surface area contributed by atoms with Gasteiger partial charge in [0.1, 0.15) is 6.04 Å². The minimum absolute atomic E-state index is 0.0831. The van der Waals surface area contributed by atoms with Gasteiger partial charge in [-0.05, 0) is 34.0 Å².